The molecule has 0 aliphatic heterocycles. The Morgan fingerprint density at radius 1 is 1.29 bits per heavy atom. The molecule has 2 unspecified atom stereocenters. The average molecular weight is 201 g/mol. The van der Waals surface area contributed by atoms with E-state index in [-0.39, 0.29) is 11.8 Å². The number of hydrogen-bond acceptors (Lipinski definition) is 3. The van der Waals surface area contributed by atoms with Gasteiger partial charge in [0, 0.05) is 13.0 Å². The third-order valence-corrected chi connectivity index (χ3v) is 2.69. The molecule has 0 heterocycles. The predicted molar refractivity (Wildman–Crippen MR) is 47.6 cm³/mol. The lowest BCUT2D eigenvalue weighted by Gasteiger charge is -2.26. The smallest absolute Gasteiger partial charge is 0.306 e. The molecule has 0 saturated heterocycles. The lowest BCUT2D eigenvalue weighted by Crippen LogP contribution is -2.35. The highest BCUT2D eigenvalue weighted by atomic mass is 16.5. The molecule has 1 aliphatic carbocycles. The molecule has 0 radical (unpaired) electrons. The van der Waals surface area contributed by atoms with Crippen LogP contribution < -0.4 is 0 Å². The van der Waals surface area contributed by atoms with Crippen molar-refractivity contribution in [2.24, 2.45) is 11.8 Å². The van der Waals surface area contributed by atoms with Gasteiger partial charge >= 0.3 is 5.97 Å². The number of carbonyl (C=O) groups is 2. The fraction of sp³-hybridized carbons (Fsp3) is 0.778. The molecule has 0 aromatic rings. The fourth-order valence-electron chi connectivity index (χ4n) is 1.90. The quantitative estimate of drug-likeness (QED) is 0.510. The normalized spacial score (nSPS) is 27.0. The molecule has 0 aromatic carbocycles. The van der Waals surface area contributed by atoms with Crippen LogP contribution in [0.15, 0.2) is 0 Å². The summed E-state index contributed by atoms with van der Waals surface area (Å²) in [6, 6.07) is 0. The first-order valence-electron chi connectivity index (χ1n) is 4.71. The molecule has 5 heteroatoms. The van der Waals surface area contributed by atoms with Gasteiger partial charge in [0.05, 0.1) is 5.92 Å². The molecule has 2 N–H and O–H groups in total. The molecule has 1 fully saturated rings. The minimum absolute atomic E-state index is 0.333. The van der Waals surface area contributed by atoms with Crippen molar-refractivity contribution in [2.75, 3.05) is 7.05 Å². The Hall–Kier alpha value is -1.10. The van der Waals surface area contributed by atoms with E-state index < -0.39 is 11.9 Å². The van der Waals surface area contributed by atoms with Gasteiger partial charge in [-0.3, -0.25) is 14.8 Å². The summed E-state index contributed by atoms with van der Waals surface area (Å²) in [5.41, 5.74) is 0. The summed E-state index contributed by atoms with van der Waals surface area (Å²) in [6.07, 6.45) is 2.39. The summed E-state index contributed by atoms with van der Waals surface area (Å²) in [7, 11) is 1.27. The van der Waals surface area contributed by atoms with Crippen LogP contribution in [-0.2, 0) is 9.59 Å². The highest BCUT2D eigenvalue weighted by Crippen LogP contribution is 2.29. The zero-order valence-corrected chi connectivity index (χ0v) is 8.14. The summed E-state index contributed by atoms with van der Waals surface area (Å²) in [6.45, 7) is 0. The molecule has 0 bridgehead atoms. The van der Waals surface area contributed by atoms with Crippen molar-refractivity contribution in [3.8, 4) is 0 Å². The van der Waals surface area contributed by atoms with E-state index in [9.17, 15) is 9.59 Å². The maximum atomic E-state index is 11.3. The molecule has 1 amide bonds. The summed E-state index contributed by atoms with van der Waals surface area (Å²) in [4.78, 5) is 22.1. The van der Waals surface area contributed by atoms with Crippen LogP contribution >= 0.6 is 0 Å². The van der Waals surface area contributed by atoms with Crippen LogP contribution in [0, 0.1) is 11.8 Å². The van der Waals surface area contributed by atoms with Gasteiger partial charge in [0.1, 0.15) is 0 Å². The lowest BCUT2D eigenvalue weighted by atomic mass is 9.81. The Labute approximate surface area is 82.3 Å². The molecule has 1 rings (SSSR count). The summed E-state index contributed by atoms with van der Waals surface area (Å²) in [5.74, 6) is -1.99. The zero-order valence-electron chi connectivity index (χ0n) is 8.14. The number of hydrogen-bond donors (Lipinski definition) is 2. The van der Waals surface area contributed by atoms with Gasteiger partial charge < -0.3 is 5.11 Å². The Morgan fingerprint density at radius 3 is 2.36 bits per heavy atom. The van der Waals surface area contributed by atoms with Crippen molar-refractivity contribution in [1.82, 2.24) is 5.06 Å². The summed E-state index contributed by atoms with van der Waals surface area (Å²) < 4.78 is 0. The Morgan fingerprint density at radius 2 is 1.86 bits per heavy atom. The van der Waals surface area contributed by atoms with E-state index in [4.69, 9.17) is 10.3 Å². The van der Waals surface area contributed by atoms with Crippen LogP contribution in [-0.4, -0.2) is 34.3 Å². The van der Waals surface area contributed by atoms with Crippen molar-refractivity contribution in [2.45, 2.75) is 25.7 Å². The Bertz CT molecular complexity index is 239. The molecule has 0 spiro atoms. The molecule has 0 aromatic heterocycles. The van der Waals surface area contributed by atoms with Crippen molar-refractivity contribution in [3.05, 3.63) is 0 Å². The topological polar surface area (TPSA) is 77.8 Å². The number of carboxylic acids is 1. The standard InChI is InChI=1S/C9H15NO4/c1-10(14)8(11)6-3-2-4-7(5-6)9(12)13/h6-7,14H,2-5H2,1H3,(H,12,13). The van der Waals surface area contributed by atoms with Gasteiger partial charge in [0.15, 0.2) is 0 Å². The first kappa shape index (κ1) is 11.0. The van der Waals surface area contributed by atoms with E-state index in [0.717, 1.165) is 6.42 Å². The fourth-order valence-corrected chi connectivity index (χ4v) is 1.90. The highest BCUT2D eigenvalue weighted by Gasteiger charge is 2.32. The lowest BCUT2D eigenvalue weighted by molar-refractivity contribution is -0.166. The minimum atomic E-state index is -0.844. The molecule has 5 nitrogen and oxygen atoms in total. The number of carbonyl (C=O) groups excluding carboxylic acids is 1. The van der Waals surface area contributed by atoms with Crippen LogP contribution in [0.4, 0.5) is 0 Å². The van der Waals surface area contributed by atoms with Gasteiger partial charge in [-0.25, -0.2) is 5.06 Å². The predicted octanol–water partition coefficient (Wildman–Crippen LogP) is 0.725. The van der Waals surface area contributed by atoms with Crippen molar-refractivity contribution < 1.29 is 19.9 Å². The number of hydroxylamine groups is 2. The van der Waals surface area contributed by atoms with Crippen LogP contribution in [0.25, 0.3) is 0 Å². The zero-order chi connectivity index (χ0) is 10.7. The van der Waals surface area contributed by atoms with E-state index in [1.165, 1.54) is 7.05 Å². The van der Waals surface area contributed by atoms with Gasteiger partial charge in [-0.05, 0) is 19.3 Å². The van der Waals surface area contributed by atoms with Gasteiger partial charge in [-0.2, -0.15) is 0 Å². The van der Waals surface area contributed by atoms with Gasteiger partial charge in [0.25, 0.3) is 0 Å². The second kappa shape index (κ2) is 4.41. The first-order valence-corrected chi connectivity index (χ1v) is 4.71. The second-order valence-electron chi connectivity index (χ2n) is 3.76. The molecule has 1 aliphatic rings. The van der Waals surface area contributed by atoms with Crippen LogP contribution in [0.1, 0.15) is 25.7 Å². The van der Waals surface area contributed by atoms with Crippen molar-refractivity contribution >= 4 is 11.9 Å². The molecule has 80 valence electrons. The van der Waals surface area contributed by atoms with Gasteiger partial charge in [0.2, 0.25) is 5.91 Å². The maximum Gasteiger partial charge on any atom is 0.306 e. The number of carboxylic acid groups (broad SMARTS) is 1. The van der Waals surface area contributed by atoms with Crippen LogP contribution in [0.5, 0.6) is 0 Å². The van der Waals surface area contributed by atoms with Crippen molar-refractivity contribution in [1.29, 1.82) is 0 Å². The van der Waals surface area contributed by atoms with Crippen LogP contribution in [0.2, 0.25) is 0 Å². The SMILES string of the molecule is CN(O)C(=O)C1CCCC(C(=O)O)C1. The van der Waals surface area contributed by atoms with E-state index >= 15 is 0 Å². The Balaban J connectivity index is 2.56. The molecule has 1 saturated carbocycles. The molecule has 14 heavy (non-hydrogen) atoms. The van der Waals surface area contributed by atoms with Crippen molar-refractivity contribution in [3.63, 3.8) is 0 Å². The van der Waals surface area contributed by atoms with Gasteiger partial charge in [-0.1, -0.05) is 6.42 Å². The summed E-state index contributed by atoms with van der Waals surface area (Å²) in [5, 5.41) is 18.3. The van der Waals surface area contributed by atoms with E-state index in [2.05, 4.69) is 0 Å². The monoisotopic (exact) mass is 201 g/mol. The number of nitrogens with zero attached hydrogens (tertiary/aromatic N) is 1. The van der Waals surface area contributed by atoms with E-state index in [0.29, 0.717) is 24.3 Å². The first-order chi connectivity index (χ1) is 6.52. The van der Waals surface area contributed by atoms with E-state index in [1.807, 2.05) is 0 Å². The number of amides is 1. The molecular weight excluding hydrogens is 186 g/mol. The van der Waals surface area contributed by atoms with E-state index in [1.54, 1.807) is 0 Å². The van der Waals surface area contributed by atoms with Gasteiger partial charge in [-0.15, -0.1) is 0 Å². The highest BCUT2D eigenvalue weighted by molar-refractivity contribution is 5.79. The molecule has 2 atom stereocenters. The Kier molecular flexibility index (Phi) is 3.46. The third-order valence-electron chi connectivity index (χ3n) is 2.69. The van der Waals surface area contributed by atoms with Crippen LogP contribution in [0.3, 0.4) is 0 Å². The average Bonchev–Trinajstić information content (AvgIpc) is 2.16. The minimum Gasteiger partial charge on any atom is -0.481 e. The molecular formula is C9H15NO4. The third kappa shape index (κ3) is 2.45. The summed E-state index contributed by atoms with van der Waals surface area (Å²) >= 11 is 0. The number of aliphatic carboxylic acids is 1. The second-order valence-corrected chi connectivity index (χ2v) is 3.76. The number of rotatable bonds is 2. The largest absolute Gasteiger partial charge is 0.481 e. The maximum absolute atomic E-state index is 11.3.